The van der Waals surface area contributed by atoms with Gasteiger partial charge in [0.15, 0.2) is 0 Å². The topological polar surface area (TPSA) is 38.7 Å². The van der Waals surface area contributed by atoms with Crippen molar-refractivity contribution in [1.29, 1.82) is 0 Å². The van der Waals surface area contributed by atoms with E-state index in [1.54, 1.807) is 13.8 Å². The van der Waals surface area contributed by atoms with E-state index in [0.29, 0.717) is 18.4 Å². The first-order valence-corrected chi connectivity index (χ1v) is 8.77. The third kappa shape index (κ3) is 6.93. The van der Waals surface area contributed by atoms with Crippen LogP contribution in [0.1, 0.15) is 48.5 Å². The second kappa shape index (κ2) is 9.15. The molecule has 0 aromatic carbocycles. The van der Waals surface area contributed by atoms with E-state index in [4.69, 9.17) is 4.74 Å². The Labute approximate surface area is 153 Å². The molecule has 8 heteroatoms. The number of hydrogen-bond donors (Lipinski definition) is 1. The van der Waals surface area contributed by atoms with Gasteiger partial charge in [-0.1, -0.05) is 34.6 Å². The summed E-state index contributed by atoms with van der Waals surface area (Å²) in [7, 11) is 0. The van der Waals surface area contributed by atoms with E-state index in [1.807, 2.05) is 20.8 Å². The minimum atomic E-state index is -5.66. The Morgan fingerprint density at radius 3 is 1.77 bits per heavy atom. The molecule has 3 nitrogen and oxygen atoms in total. The summed E-state index contributed by atoms with van der Waals surface area (Å²) >= 11 is 0. The molecule has 0 aliphatic carbocycles. The number of aliphatic hydroxyl groups is 1. The summed E-state index contributed by atoms with van der Waals surface area (Å²) in [5.41, 5.74) is -1.76. The molecule has 0 amide bonds. The van der Waals surface area contributed by atoms with Gasteiger partial charge in [0.25, 0.3) is 0 Å². The third-order valence-electron chi connectivity index (χ3n) is 5.44. The van der Waals surface area contributed by atoms with Crippen LogP contribution in [-0.4, -0.2) is 49.2 Å². The van der Waals surface area contributed by atoms with Gasteiger partial charge in [-0.15, -0.1) is 0 Å². The molecule has 0 saturated heterocycles. The van der Waals surface area contributed by atoms with Gasteiger partial charge < -0.3 is 14.6 Å². The van der Waals surface area contributed by atoms with Gasteiger partial charge in [0.2, 0.25) is 0 Å². The first-order chi connectivity index (χ1) is 11.5. The summed E-state index contributed by atoms with van der Waals surface area (Å²) in [5, 5.41) is 9.73. The molecule has 3 atom stereocenters. The highest BCUT2D eigenvalue weighted by Gasteiger charge is 2.58. The van der Waals surface area contributed by atoms with E-state index in [2.05, 4.69) is 18.6 Å². The molecule has 0 spiro atoms. The molecule has 3 unspecified atom stereocenters. The summed E-state index contributed by atoms with van der Waals surface area (Å²) in [5.74, 6) is -4.58. The van der Waals surface area contributed by atoms with E-state index in [9.17, 15) is 27.1 Å². The summed E-state index contributed by atoms with van der Waals surface area (Å²) in [6.07, 6.45) is -5.66. The van der Waals surface area contributed by atoms with Crippen LogP contribution in [0.4, 0.5) is 22.0 Å². The number of hydrogen-bond acceptors (Lipinski definition) is 3. The summed E-state index contributed by atoms with van der Waals surface area (Å²) in [6.45, 7) is 11.0. The van der Waals surface area contributed by atoms with Gasteiger partial charge in [0, 0.05) is 5.41 Å². The normalized spacial score (nSPS) is 18.7. The van der Waals surface area contributed by atoms with Gasteiger partial charge in [-0.05, 0) is 31.6 Å². The first-order valence-electron chi connectivity index (χ1n) is 8.77. The second-order valence-corrected chi connectivity index (χ2v) is 8.36. The molecule has 0 heterocycles. The minimum absolute atomic E-state index is 0.295. The van der Waals surface area contributed by atoms with Crippen molar-refractivity contribution in [2.75, 3.05) is 26.4 Å². The molecule has 0 rings (SSSR count). The van der Waals surface area contributed by atoms with Gasteiger partial charge in [0.05, 0.1) is 25.4 Å². The molecular formula is C18H33F5O3. The number of rotatable bonds is 11. The monoisotopic (exact) mass is 392 g/mol. The number of aliphatic hydroxyl groups excluding tert-OH is 1. The number of ether oxygens (including phenoxy) is 2. The zero-order chi connectivity index (χ0) is 21.0. The van der Waals surface area contributed by atoms with Crippen molar-refractivity contribution in [3.05, 3.63) is 0 Å². The fourth-order valence-corrected chi connectivity index (χ4v) is 2.30. The minimum Gasteiger partial charge on any atom is -0.396 e. The van der Waals surface area contributed by atoms with E-state index in [1.165, 1.54) is 0 Å². The van der Waals surface area contributed by atoms with Crippen molar-refractivity contribution in [1.82, 2.24) is 0 Å². The molecule has 1 N–H and O–H groups in total. The standard InChI is InChI=1S/C18H33F5O3/c1-12(2)13(3)8-26-15(5,6)14(4)16(7,9-24)10-25-11-17(19,20)18(21,22)23/h12-14,24H,8-11H2,1-7H3. The summed E-state index contributed by atoms with van der Waals surface area (Å²) in [4.78, 5) is 0. The molecule has 0 aromatic rings. The van der Waals surface area contributed by atoms with Gasteiger partial charge in [-0.3, -0.25) is 0 Å². The Morgan fingerprint density at radius 2 is 1.38 bits per heavy atom. The lowest BCUT2D eigenvalue weighted by Gasteiger charge is -2.44. The van der Waals surface area contributed by atoms with Crippen molar-refractivity contribution in [3.63, 3.8) is 0 Å². The largest absolute Gasteiger partial charge is 0.455 e. The van der Waals surface area contributed by atoms with Crippen LogP contribution in [0.3, 0.4) is 0 Å². The molecule has 0 aliphatic heterocycles. The van der Waals surface area contributed by atoms with Gasteiger partial charge >= 0.3 is 12.1 Å². The fraction of sp³-hybridized carbons (Fsp3) is 1.00. The van der Waals surface area contributed by atoms with Crippen LogP contribution in [0.2, 0.25) is 0 Å². The van der Waals surface area contributed by atoms with Gasteiger partial charge in [0.1, 0.15) is 6.61 Å². The average molecular weight is 392 g/mol. The SMILES string of the molecule is CC(C)C(C)COC(C)(C)C(C)C(C)(CO)COCC(F)(F)C(F)(F)F. The van der Waals surface area contributed by atoms with Crippen molar-refractivity contribution in [3.8, 4) is 0 Å². The van der Waals surface area contributed by atoms with Crippen molar-refractivity contribution in [2.24, 2.45) is 23.2 Å². The van der Waals surface area contributed by atoms with Crippen molar-refractivity contribution in [2.45, 2.75) is 66.2 Å². The highest BCUT2D eigenvalue weighted by molar-refractivity contribution is 4.90. The molecule has 0 bridgehead atoms. The quantitative estimate of drug-likeness (QED) is 0.507. The zero-order valence-electron chi connectivity index (χ0n) is 16.7. The summed E-state index contributed by atoms with van der Waals surface area (Å²) in [6, 6.07) is 0. The van der Waals surface area contributed by atoms with Gasteiger partial charge in [-0.25, -0.2) is 0 Å². The van der Waals surface area contributed by atoms with Gasteiger partial charge in [-0.2, -0.15) is 22.0 Å². The molecule has 158 valence electrons. The van der Waals surface area contributed by atoms with Crippen LogP contribution in [-0.2, 0) is 9.47 Å². The first kappa shape index (κ1) is 25.5. The highest BCUT2D eigenvalue weighted by Crippen LogP contribution is 2.39. The molecule has 26 heavy (non-hydrogen) atoms. The number of halogens is 5. The number of alkyl halides is 5. The predicted octanol–water partition coefficient (Wildman–Crippen LogP) is 4.92. The molecule has 0 fully saturated rings. The maximum atomic E-state index is 13.0. The highest BCUT2D eigenvalue weighted by atomic mass is 19.4. The molecule has 0 radical (unpaired) electrons. The van der Waals surface area contributed by atoms with Crippen LogP contribution in [0.5, 0.6) is 0 Å². The van der Waals surface area contributed by atoms with Crippen LogP contribution < -0.4 is 0 Å². The van der Waals surface area contributed by atoms with Crippen molar-refractivity contribution < 1.29 is 36.5 Å². The lowest BCUT2D eigenvalue weighted by Crippen LogP contribution is -2.49. The van der Waals surface area contributed by atoms with E-state index < -0.39 is 42.9 Å². The second-order valence-electron chi connectivity index (χ2n) is 8.36. The molecular weight excluding hydrogens is 359 g/mol. The average Bonchev–Trinajstić information content (AvgIpc) is 2.50. The lowest BCUT2D eigenvalue weighted by molar-refractivity contribution is -0.299. The zero-order valence-corrected chi connectivity index (χ0v) is 16.7. The Balaban J connectivity index is 4.94. The third-order valence-corrected chi connectivity index (χ3v) is 5.44. The van der Waals surface area contributed by atoms with Crippen molar-refractivity contribution >= 4 is 0 Å². The molecule has 0 saturated carbocycles. The predicted molar refractivity (Wildman–Crippen MR) is 90.2 cm³/mol. The van der Waals surface area contributed by atoms with E-state index >= 15 is 0 Å². The van der Waals surface area contributed by atoms with Crippen LogP contribution in [0.15, 0.2) is 0 Å². The van der Waals surface area contributed by atoms with E-state index in [0.717, 1.165) is 0 Å². The van der Waals surface area contributed by atoms with Crippen LogP contribution in [0, 0.1) is 23.2 Å². The molecule has 0 aliphatic rings. The van der Waals surface area contributed by atoms with E-state index in [-0.39, 0.29) is 5.92 Å². The maximum Gasteiger partial charge on any atom is 0.455 e. The maximum absolute atomic E-state index is 13.0. The Hall–Kier alpha value is -0.470. The molecule has 0 aromatic heterocycles. The Bertz CT molecular complexity index is 424. The van der Waals surface area contributed by atoms with Crippen LogP contribution >= 0.6 is 0 Å². The Morgan fingerprint density at radius 1 is 0.885 bits per heavy atom. The van der Waals surface area contributed by atoms with Crippen LogP contribution in [0.25, 0.3) is 0 Å². The smallest absolute Gasteiger partial charge is 0.396 e. The fourth-order valence-electron chi connectivity index (χ4n) is 2.30. The summed E-state index contributed by atoms with van der Waals surface area (Å²) < 4.78 is 73.3. The lowest BCUT2D eigenvalue weighted by atomic mass is 9.71. The Kier molecular flexibility index (Phi) is 8.98.